The first-order valence-electron chi connectivity index (χ1n) is 7.14. The predicted octanol–water partition coefficient (Wildman–Crippen LogP) is 4.89. The Morgan fingerprint density at radius 2 is 1.78 bits per heavy atom. The van der Waals surface area contributed by atoms with E-state index in [-0.39, 0.29) is 0 Å². The van der Waals surface area contributed by atoms with Crippen molar-refractivity contribution in [2.24, 2.45) is 5.92 Å². The van der Waals surface area contributed by atoms with Gasteiger partial charge in [0.1, 0.15) is 0 Å². The normalized spacial score (nSPS) is 12.9. The molecule has 1 unspecified atom stereocenters. The second-order valence-corrected chi connectivity index (χ2v) is 5.60. The standard InChI is InChI=1S/C16H27NS/c1-5-12-17-16(13(6-2)7-3)14-10-8-9-11-15(14)18-4/h8-11,13,16-17H,5-7,12H2,1-4H3. The van der Waals surface area contributed by atoms with Crippen molar-refractivity contribution in [2.75, 3.05) is 12.8 Å². The molecule has 1 nitrogen and oxygen atoms in total. The zero-order valence-electron chi connectivity index (χ0n) is 12.2. The van der Waals surface area contributed by atoms with E-state index in [0.29, 0.717) is 6.04 Å². The summed E-state index contributed by atoms with van der Waals surface area (Å²) >= 11 is 1.86. The fourth-order valence-electron chi connectivity index (χ4n) is 2.51. The summed E-state index contributed by atoms with van der Waals surface area (Å²) in [6, 6.07) is 9.33. The van der Waals surface area contributed by atoms with E-state index in [1.54, 1.807) is 0 Å². The lowest BCUT2D eigenvalue weighted by Crippen LogP contribution is -2.29. The SMILES string of the molecule is CCCNC(c1ccccc1SC)C(CC)CC. The van der Waals surface area contributed by atoms with Crippen LogP contribution in [0.25, 0.3) is 0 Å². The molecule has 18 heavy (non-hydrogen) atoms. The van der Waals surface area contributed by atoms with E-state index >= 15 is 0 Å². The van der Waals surface area contributed by atoms with Crippen LogP contribution in [0.3, 0.4) is 0 Å². The van der Waals surface area contributed by atoms with E-state index in [1.807, 2.05) is 11.8 Å². The van der Waals surface area contributed by atoms with Crippen molar-refractivity contribution in [3.8, 4) is 0 Å². The van der Waals surface area contributed by atoms with Gasteiger partial charge in [-0.25, -0.2) is 0 Å². The second-order valence-electron chi connectivity index (χ2n) is 4.75. The molecule has 0 saturated carbocycles. The maximum atomic E-state index is 3.75. The fourth-order valence-corrected chi connectivity index (χ4v) is 3.16. The Morgan fingerprint density at radius 1 is 1.11 bits per heavy atom. The molecule has 0 aliphatic heterocycles. The van der Waals surface area contributed by atoms with Crippen molar-refractivity contribution in [1.29, 1.82) is 0 Å². The second kappa shape index (κ2) is 8.60. The molecule has 0 spiro atoms. The zero-order valence-corrected chi connectivity index (χ0v) is 13.0. The van der Waals surface area contributed by atoms with Crippen molar-refractivity contribution in [3.05, 3.63) is 29.8 Å². The molecular formula is C16H27NS. The highest BCUT2D eigenvalue weighted by Gasteiger charge is 2.21. The summed E-state index contributed by atoms with van der Waals surface area (Å²) in [7, 11) is 0. The molecule has 1 N–H and O–H groups in total. The lowest BCUT2D eigenvalue weighted by molar-refractivity contribution is 0.338. The third-order valence-corrected chi connectivity index (χ3v) is 4.42. The fraction of sp³-hybridized carbons (Fsp3) is 0.625. The van der Waals surface area contributed by atoms with Gasteiger partial charge in [-0.1, -0.05) is 51.8 Å². The molecule has 0 heterocycles. The van der Waals surface area contributed by atoms with Gasteiger partial charge in [0, 0.05) is 10.9 Å². The molecule has 2 heteroatoms. The van der Waals surface area contributed by atoms with Gasteiger partial charge in [0.15, 0.2) is 0 Å². The first-order chi connectivity index (χ1) is 8.78. The van der Waals surface area contributed by atoms with Crippen LogP contribution >= 0.6 is 11.8 Å². The van der Waals surface area contributed by atoms with Gasteiger partial charge in [-0.3, -0.25) is 0 Å². The first-order valence-corrected chi connectivity index (χ1v) is 8.37. The number of benzene rings is 1. The maximum Gasteiger partial charge on any atom is 0.0359 e. The zero-order chi connectivity index (χ0) is 13.4. The van der Waals surface area contributed by atoms with Crippen LogP contribution in [0.5, 0.6) is 0 Å². The smallest absolute Gasteiger partial charge is 0.0359 e. The van der Waals surface area contributed by atoms with E-state index < -0.39 is 0 Å². The van der Waals surface area contributed by atoms with Crippen molar-refractivity contribution in [3.63, 3.8) is 0 Å². The largest absolute Gasteiger partial charge is 0.310 e. The molecule has 102 valence electrons. The molecule has 1 aromatic rings. The van der Waals surface area contributed by atoms with Gasteiger partial charge in [-0.2, -0.15) is 0 Å². The Hall–Kier alpha value is -0.470. The summed E-state index contributed by atoms with van der Waals surface area (Å²) in [5, 5.41) is 3.75. The van der Waals surface area contributed by atoms with E-state index in [2.05, 4.69) is 56.6 Å². The summed E-state index contributed by atoms with van der Waals surface area (Å²) in [6.45, 7) is 7.94. The highest BCUT2D eigenvalue weighted by molar-refractivity contribution is 7.98. The lowest BCUT2D eigenvalue weighted by Gasteiger charge is -2.28. The Bertz CT molecular complexity index is 334. The topological polar surface area (TPSA) is 12.0 Å². The van der Waals surface area contributed by atoms with Gasteiger partial charge in [0.2, 0.25) is 0 Å². The molecule has 0 aliphatic carbocycles. The lowest BCUT2D eigenvalue weighted by atomic mass is 9.88. The summed E-state index contributed by atoms with van der Waals surface area (Å²) in [4.78, 5) is 1.41. The van der Waals surface area contributed by atoms with Gasteiger partial charge in [-0.15, -0.1) is 11.8 Å². The Morgan fingerprint density at radius 3 is 2.33 bits per heavy atom. The minimum atomic E-state index is 0.503. The molecule has 0 amide bonds. The third kappa shape index (κ3) is 4.03. The van der Waals surface area contributed by atoms with Crippen molar-refractivity contribution in [2.45, 2.75) is 51.0 Å². The average Bonchev–Trinajstić information content (AvgIpc) is 2.43. The summed E-state index contributed by atoms with van der Waals surface area (Å²) in [5.41, 5.74) is 1.48. The quantitative estimate of drug-likeness (QED) is 0.672. The minimum Gasteiger partial charge on any atom is -0.310 e. The van der Waals surface area contributed by atoms with E-state index in [9.17, 15) is 0 Å². The first kappa shape index (κ1) is 15.6. The summed E-state index contributed by atoms with van der Waals surface area (Å²) < 4.78 is 0. The van der Waals surface area contributed by atoms with E-state index in [4.69, 9.17) is 0 Å². The van der Waals surface area contributed by atoms with Crippen molar-refractivity contribution >= 4 is 11.8 Å². The summed E-state index contributed by atoms with van der Waals surface area (Å²) in [5.74, 6) is 0.727. The van der Waals surface area contributed by atoms with Gasteiger partial charge >= 0.3 is 0 Å². The van der Waals surface area contributed by atoms with Gasteiger partial charge in [-0.05, 0) is 36.8 Å². The van der Waals surface area contributed by atoms with Crippen LogP contribution in [0.1, 0.15) is 51.6 Å². The molecule has 0 bridgehead atoms. The van der Waals surface area contributed by atoms with Gasteiger partial charge < -0.3 is 5.32 Å². The average molecular weight is 265 g/mol. The van der Waals surface area contributed by atoms with Crippen LogP contribution in [-0.2, 0) is 0 Å². The Labute approximate surface area is 117 Å². The number of hydrogen-bond donors (Lipinski definition) is 1. The van der Waals surface area contributed by atoms with Crippen LogP contribution in [-0.4, -0.2) is 12.8 Å². The number of rotatable bonds is 8. The number of nitrogens with one attached hydrogen (secondary N) is 1. The number of hydrogen-bond acceptors (Lipinski definition) is 2. The van der Waals surface area contributed by atoms with Gasteiger partial charge in [0.25, 0.3) is 0 Å². The molecule has 0 saturated heterocycles. The highest BCUT2D eigenvalue weighted by atomic mass is 32.2. The maximum absolute atomic E-state index is 3.75. The van der Waals surface area contributed by atoms with E-state index in [1.165, 1.54) is 29.7 Å². The monoisotopic (exact) mass is 265 g/mol. The molecule has 1 atom stereocenters. The van der Waals surface area contributed by atoms with Crippen molar-refractivity contribution < 1.29 is 0 Å². The van der Waals surface area contributed by atoms with Gasteiger partial charge in [0.05, 0.1) is 0 Å². The van der Waals surface area contributed by atoms with Crippen LogP contribution in [0, 0.1) is 5.92 Å². The number of thioether (sulfide) groups is 1. The van der Waals surface area contributed by atoms with Crippen LogP contribution in [0.15, 0.2) is 29.2 Å². The summed E-state index contributed by atoms with van der Waals surface area (Å²) in [6.07, 6.45) is 5.84. The molecule has 1 rings (SSSR count). The van der Waals surface area contributed by atoms with Crippen LogP contribution in [0.2, 0.25) is 0 Å². The Kier molecular flexibility index (Phi) is 7.45. The van der Waals surface area contributed by atoms with Crippen molar-refractivity contribution in [1.82, 2.24) is 5.32 Å². The predicted molar refractivity (Wildman–Crippen MR) is 83.3 cm³/mol. The minimum absolute atomic E-state index is 0.503. The molecule has 0 radical (unpaired) electrons. The molecule has 0 aliphatic rings. The molecular weight excluding hydrogens is 238 g/mol. The molecule has 0 fully saturated rings. The highest BCUT2D eigenvalue weighted by Crippen LogP contribution is 2.33. The van der Waals surface area contributed by atoms with Crippen LogP contribution in [0.4, 0.5) is 0 Å². The van der Waals surface area contributed by atoms with E-state index in [0.717, 1.165) is 12.5 Å². The van der Waals surface area contributed by atoms with Crippen LogP contribution < -0.4 is 5.32 Å². The third-order valence-electron chi connectivity index (χ3n) is 3.61. The molecule has 1 aromatic carbocycles. The Balaban J connectivity index is 2.99. The molecule has 0 aromatic heterocycles.